The van der Waals surface area contributed by atoms with Crippen LogP contribution in [0.4, 0.5) is 0 Å². The molecule has 0 bridgehead atoms. The van der Waals surface area contributed by atoms with E-state index >= 15 is 0 Å². The zero-order valence-corrected chi connectivity index (χ0v) is 17.1. The standard InChI is InChI=1S/C14H31N3O3S.HI/c1-4-7-13(8-10-18)12-17-14(15-5-2)16-9-6-11-21(3,19)20;/h13,18H,4-12H2,1-3H3,(H2,15,16,17);1H. The van der Waals surface area contributed by atoms with Crippen molar-refractivity contribution in [3.8, 4) is 0 Å². The van der Waals surface area contributed by atoms with Crippen molar-refractivity contribution in [3.05, 3.63) is 0 Å². The van der Waals surface area contributed by atoms with Crippen molar-refractivity contribution >= 4 is 39.8 Å². The lowest BCUT2D eigenvalue weighted by Gasteiger charge is -2.15. The Morgan fingerprint density at radius 1 is 1.23 bits per heavy atom. The van der Waals surface area contributed by atoms with Crippen LogP contribution in [0, 0.1) is 5.92 Å². The highest BCUT2D eigenvalue weighted by molar-refractivity contribution is 14.0. The molecular weight excluding hydrogens is 417 g/mol. The number of rotatable bonds is 11. The summed E-state index contributed by atoms with van der Waals surface area (Å²) < 4.78 is 22.1. The predicted molar refractivity (Wildman–Crippen MR) is 104 cm³/mol. The summed E-state index contributed by atoms with van der Waals surface area (Å²) in [5, 5.41) is 15.3. The third-order valence-corrected chi connectivity index (χ3v) is 4.10. The van der Waals surface area contributed by atoms with Gasteiger partial charge in [-0.3, -0.25) is 4.99 Å². The van der Waals surface area contributed by atoms with Gasteiger partial charge in [0.15, 0.2) is 5.96 Å². The molecule has 0 aliphatic carbocycles. The first-order chi connectivity index (χ1) is 9.92. The van der Waals surface area contributed by atoms with E-state index in [1.807, 2.05) is 6.92 Å². The smallest absolute Gasteiger partial charge is 0.191 e. The van der Waals surface area contributed by atoms with E-state index in [1.54, 1.807) is 0 Å². The fraction of sp³-hybridized carbons (Fsp3) is 0.929. The number of sulfone groups is 1. The normalized spacial score (nSPS) is 13.4. The predicted octanol–water partition coefficient (Wildman–Crippen LogP) is 1.39. The van der Waals surface area contributed by atoms with Gasteiger partial charge in [0.25, 0.3) is 0 Å². The van der Waals surface area contributed by atoms with Gasteiger partial charge in [-0.1, -0.05) is 13.3 Å². The summed E-state index contributed by atoms with van der Waals surface area (Å²) in [5.74, 6) is 1.29. The lowest BCUT2D eigenvalue weighted by atomic mass is 10.0. The summed E-state index contributed by atoms with van der Waals surface area (Å²) in [6.07, 6.45) is 4.72. The number of nitrogens with one attached hydrogen (secondary N) is 2. The molecule has 0 aliphatic rings. The van der Waals surface area contributed by atoms with Crippen LogP contribution in [-0.2, 0) is 9.84 Å². The molecule has 0 fully saturated rings. The van der Waals surface area contributed by atoms with Crippen LogP contribution < -0.4 is 10.6 Å². The minimum absolute atomic E-state index is 0. The lowest BCUT2D eigenvalue weighted by molar-refractivity contribution is 0.253. The Balaban J connectivity index is 0. The molecule has 6 nitrogen and oxygen atoms in total. The van der Waals surface area contributed by atoms with E-state index in [1.165, 1.54) is 6.26 Å². The molecule has 1 atom stereocenters. The summed E-state index contributed by atoms with van der Waals surface area (Å²) in [7, 11) is -2.90. The van der Waals surface area contributed by atoms with Gasteiger partial charge in [0.05, 0.1) is 5.75 Å². The average molecular weight is 449 g/mol. The minimum Gasteiger partial charge on any atom is -0.396 e. The number of nitrogens with zero attached hydrogens (tertiary/aromatic N) is 1. The largest absolute Gasteiger partial charge is 0.396 e. The Hall–Kier alpha value is -0.0900. The van der Waals surface area contributed by atoms with E-state index in [4.69, 9.17) is 5.11 Å². The van der Waals surface area contributed by atoms with Crippen molar-refractivity contribution in [2.75, 3.05) is 38.2 Å². The molecular formula is C14H32IN3O3S. The molecule has 0 rings (SSSR count). The van der Waals surface area contributed by atoms with E-state index in [0.717, 1.165) is 25.8 Å². The van der Waals surface area contributed by atoms with Gasteiger partial charge in [-0.05, 0) is 32.1 Å². The first kappa shape index (κ1) is 24.2. The van der Waals surface area contributed by atoms with Crippen molar-refractivity contribution in [1.82, 2.24) is 10.6 Å². The first-order valence-corrected chi connectivity index (χ1v) is 9.79. The maximum atomic E-state index is 11.1. The fourth-order valence-corrected chi connectivity index (χ4v) is 2.69. The van der Waals surface area contributed by atoms with Gasteiger partial charge >= 0.3 is 0 Å². The lowest BCUT2D eigenvalue weighted by Crippen LogP contribution is -2.38. The topological polar surface area (TPSA) is 90.8 Å². The molecule has 0 amide bonds. The second kappa shape index (κ2) is 14.5. The number of hydrogen-bond acceptors (Lipinski definition) is 4. The fourth-order valence-electron chi connectivity index (χ4n) is 2.02. The quantitative estimate of drug-likeness (QED) is 0.192. The highest BCUT2D eigenvalue weighted by Crippen LogP contribution is 2.10. The van der Waals surface area contributed by atoms with Crippen molar-refractivity contribution in [3.63, 3.8) is 0 Å². The average Bonchev–Trinajstić information content (AvgIpc) is 2.40. The van der Waals surface area contributed by atoms with E-state index < -0.39 is 9.84 Å². The van der Waals surface area contributed by atoms with Crippen LogP contribution in [0.1, 0.15) is 39.5 Å². The number of guanidine groups is 1. The Bertz CT molecular complexity index is 383. The van der Waals surface area contributed by atoms with Gasteiger partial charge in [-0.2, -0.15) is 0 Å². The van der Waals surface area contributed by atoms with Crippen LogP contribution in [0.15, 0.2) is 4.99 Å². The van der Waals surface area contributed by atoms with Crippen molar-refractivity contribution in [1.29, 1.82) is 0 Å². The summed E-state index contributed by atoms with van der Waals surface area (Å²) >= 11 is 0. The zero-order chi connectivity index (χ0) is 16.1. The monoisotopic (exact) mass is 449 g/mol. The molecule has 0 saturated heterocycles. The van der Waals surface area contributed by atoms with E-state index in [0.29, 0.717) is 31.4 Å². The molecule has 0 aromatic carbocycles. The summed E-state index contributed by atoms with van der Waals surface area (Å²) in [4.78, 5) is 4.52. The molecule has 0 aromatic heterocycles. The van der Waals surface area contributed by atoms with Crippen molar-refractivity contribution in [2.45, 2.75) is 39.5 Å². The second-order valence-electron chi connectivity index (χ2n) is 5.30. The molecule has 1 unspecified atom stereocenters. The summed E-state index contributed by atoms with van der Waals surface area (Å²) in [6.45, 7) is 6.33. The summed E-state index contributed by atoms with van der Waals surface area (Å²) in [6, 6.07) is 0. The molecule has 22 heavy (non-hydrogen) atoms. The second-order valence-corrected chi connectivity index (χ2v) is 7.56. The number of hydrogen-bond donors (Lipinski definition) is 3. The molecule has 0 aliphatic heterocycles. The van der Waals surface area contributed by atoms with Gasteiger partial charge in [-0.15, -0.1) is 24.0 Å². The number of aliphatic imine (C=N–C) groups is 1. The molecule has 0 spiro atoms. The van der Waals surface area contributed by atoms with Crippen LogP contribution in [-0.4, -0.2) is 57.7 Å². The third kappa shape index (κ3) is 14.8. The maximum Gasteiger partial charge on any atom is 0.191 e. The Kier molecular flexibility index (Phi) is 15.9. The SMILES string of the molecule is CCCC(CCO)CN=C(NCC)NCCCS(C)(=O)=O.I. The summed E-state index contributed by atoms with van der Waals surface area (Å²) in [5.41, 5.74) is 0. The Morgan fingerprint density at radius 3 is 2.41 bits per heavy atom. The number of halogens is 1. The van der Waals surface area contributed by atoms with Crippen LogP contribution in [0.3, 0.4) is 0 Å². The Morgan fingerprint density at radius 2 is 1.91 bits per heavy atom. The number of aliphatic hydroxyl groups excluding tert-OH is 1. The minimum atomic E-state index is -2.90. The maximum absolute atomic E-state index is 11.1. The third-order valence-electron chi connectivity index (χ3n) is 3.07. The molecule has 3 N–H and O–H groups in total. The van der Waals surface area contributed by atoms with Gasteiger partial charge in [0.2, 0.25) is 0 Å². The van der Waals surface area contributed by atoms with Crippen LogP contribution in [0.2, 0.25) is 0 Å². The molecule has 0 saturated carbocycles. The van der Waals surface area contributed by atoms with E-state index in [-0.39, 0.29) is 36.3 Å². The molecule has 0 radical (unpaired) electrons. The highest BCUT2D eigenvalue weighted by atomic mass is 127. The first-order valence-electron chi connectivity index (χ1n) is 7.73. The van der Waals surface area contributed by atoms with Gasteiger partial charge < -0.3 is 15.7 Å². The van der Waals surface area contributed by atoms with Crippen molar-refractivity contribution in [2.24, 2.45) is 10.9 Å². The van der Waals surface area contributed by atoms with Gasteiger partial charge in [0.1, 0.15) is 9.84 Å². The highest BCUT2D eigenvalue weighted by Gasteiger charge is 2.07. The Labute approximate surface area is 152 Å². The molecule has 8 heteroatoms. The zero-order valence-electron chi connectivity index (χ0n) is 14.0. The van der Waals surface area contributed by atoms with Crippen LogP contribution in [0.25, 0.3) is 0 Å². The van der Waals surface area contributed by atoms with Crippen LogP contribution >= 0.6 is 24.0 Å². The molecule has 0 aromatic rings. The van der Waals surface area contributed by atoms with Crippen LogP contribution in [0.5, 0.6) is 0 Å². The van der Waals surface area contributed by atoms with Crippen molar-refractivity contribution < 1.29 is 13.5 Å². The van der Waals surface area contributed by atoms with E-state index in [2.05, 4.69) is 22.5 Å². The van der Waals surface area contributed by atoms with Gasteiger partial charge in [0, 0.05) is 32.5 Å². The molecule has 134 valence electrons. The van der Waals surface area contributed by atoms with Gasteiger partial charge in [-0.25, -0.2) is 8.42 Å². The van der Waals surface area contributed by atoms with E-state index in [9.17, 15) is 8.42 Å². The molecule has 0 heterocycles. The number of aliphatic hydroxyl groups is 1.